The van der Waals surface area contributed by atoms with Gasteiger partial charge < -0.3 is 20.7 Å². The Balaban J connectivity index is 1.84. The van der Waals surface area contributed by atoms with Gasteiger partial charge in [-0.05, 0) is 35.4 Å². The van der Waals surface area contributed by atoms with Crippen LogP contribution in [0.3, 0.4) is 0 Å². The van der Waals surface area contributed by atoms with Gasteiger partial charge in [0.15, 0.2) is 6.20 Å². The number of anilines is 1. The molecule has 0 aliphatic carbocycles. The molecule has 1 aromatic heterocycles. The first-order valence-electron chi connectivity index (χ1n) is 5.83. The minimum Gasteiger partial charge on any atom is -0.380 e. The highest BCUT2D eigenvalue weighted by Crippen LogP contribution is 2.12. The molecule has 1 aliphatic rings. The molecule has 1 aromatic rings. The predicted molar refractivity (Wildman–Crippen MR) is 65.0 cm³/mol. The Morgan fingerprint density at radius 1 is 1.53 bits per heavy atom. The molecule has 1 fully saturated rings. The molecule has 6 nitrogen and oxygen atoms in total. The number of rotatable bonds is 4. The molecule has 1 aliphatic heterocycles. The highest BCUT2D eigenvalue weighted by Gasteiger charge is 2.12. The van der Waals surface area contributed by atoms with Crippen LogP contribution in [0, 0.1) is 10.1 Å². The van der Waals surface area contributed by atoms with E-state index in [2.05, 4.69) is 15.6 Å². The molecular formula is C11H16N4O2. The number of hydrogen-bond acceptors (Lipinski definition) is 5. The van der Waals surface area contributed by atoms with Crippen LogP contribution in [0.1, 0.15) is 19.3 Å². The summed E-state index contributed by atoms with van der Waals surface area (Å²) in [5.74, 6) is -0.119. The predicted octanol–water partition coefficient (Wildman–Crippen LogP) is 1.54. The van der Waals surface area contributed by atoms with Gasteiger partial charge in [-0.2, -0.15) is 0 Å². The normalized spacial score (nSPS) is 19.9. The summed E-state index contributed by atoms with van der Waals surface area (Å²) in [7, 11) is 0. The molecular weight excluding hydrogens is 220 g/mol. The fourth-order valence-electron chi connectivity index (χ4n) is 1.94. The largest absolute Gasteiger partial charge is 0.380 e. The van der Waals surface area contributed by atoms with E-state index in [4.69, 9.17) is 0 Å². The van der Waals surface area contributed by atoms with E-state index >= 15 is 0 Å². The van der Waals surface area contributed by atoms with Crippen molar-refractivity contribution >= 4 is 11.5 Å². The first-order valence-corrected chi connectivity index (χ1v) is 5.83. The second kappa shape index (κ2) is 5.58. The van der Waals surface area contributed by atoms with Crippen LogP contribution in [0.2, 0.25) is 0 Å². The highest BCUT2D eigenvalue weighted by molar-refractivity contribution is 5.43. The van der Waals surface area contributed by atoms with Crippen LogP contribution >= 0.6 is 0 Å². The number of aromatic nitrogens is 1. The number of hydrogen-bond donors (Lipinski definition) is 2. The minimum atomic E-state index is -0.494. The van der Waals surface area contributed by atoms with Gasteiger partial charge in [0.1, 0.15) is 0 Å². The van der Waals surface area contributed by atoms with Crippen molar-refractivity contribution in [3.63, 3.8) is 0 Å². The first-order chi connectivity index (χ1) is 8.25. The molecule has 1 unspecified atom stereocenters. The van der Waals surface area contributed by atoms with Gasteiger partial charge in [0.25, 0.3) is 0 Å². The van der Waals surface area contributed by atoms with Crippen molar-refractivity contribution in [1.29, 1.82) is 0 Å². The number of piperidine rings is 1. The topological polar surface area (TPSA) is 80.1 Å². The molecule has 17 heavy (non-hydrogen) atoms. The molecule has 0 radical (unpaired) electrons. The van der Waals surface area contributed by atoms with Crippen LogP contribution in [0.4, 0.5) is 11.5 Å². The van der Waals surface area contributed by atoms with Crippen LogP contribution in [0.5, 0.6) is 0 Å². The summed E-state index contributed by atoms with van der Waals surface area (Å²) in [5.41, 5.74) is 0.822. The molecule has 0 aromatic carbocycles. The lowest BCUT2D eigenvalue weighted by Crippen LogP contribution is -2.39. The van der Waals surface area contributed by atoms with Crippen molar-refractivity contribution in [2.75, 3.05) is 18.4 Å². The second-order valence-electron chi connectivity index (χ2n) is 4.19. The molecule has 6 heteroatoms. The maximum atomic E-state index is 10.4. The average molecular weight is 236 g/mol. The summed E-state index contributed by atoms with van der Waals surface area (Å²) in [6.45, 7) is 1.91. The number of pyridine rings is 1. The van der Waals surface area contributed by atoms with E-state index in [1.54, 1.807) is 6.07 Å². The zero-order chi connectivity index (χ0) is 12.1. The molecule has 0 bridgehead atoms. The zero-order valence-electron chi connectivity index (χ0n) is 9.56. The van der Waals surface area contributed by atoms with E-state index in [0.717, 1.165) is 18.8 Å². The lowest BCUT2D eigenvalue weighted by molar-refractivity contribution is -0.389. The Bertz CT molecular complexity index is 374. The zero-order valence-corrected chi connectivity index (χ0v) is 9.56. The van der Waals surface area contributed by atoms with Crippen LogP contribution in [-0.4, -0.2) is 29.0 Å². The van der Waals surface area contributed by atoms with Crippen molar-refractivity contribution in [1.82, 2.24) is 10.3 Å². The third-order valence-corrected chi connectivity index (χ3v) is 2.90. The molecule has 1 saturated heterocycles. The van der Waals surface area contributed by atoms with E-state index in [1.807, 2.05) is 0 Å². The maximum Gasteiger partial charge on any atom is 0.363 e. The second-order valence-corrected chi connectivity index (χ2v) is 4.19. The SMILES string of the molecule is O=[N+]([O-])c1ccc(NCC2CCCCN2)cn1. The van der Waals surface area contributed by atoms with Gasteiger partial charge >= 0.3 is 5.82 Å². The molecule has 0 amide bonds. The number of nitro groups is 1. The van der Waals surface area contributed by atoms with Crippen LogP contribution in [0.15, 0.2) is 18.3 Å². The van der Waals surface area contributed by atoms with Crippen molar-refractivity contribution in [2.45, 2.75) is 25.3 Å². The van der Waals surface area contributed by atoms with Gasteiger partial charge in [0, 0.05) is 18.7 Å². The molecule has 92 valence electrons. The Kier molecular flexibility index (Phi) is 3.87. The van der Waals surface area contributed by atoms with E-state index in [0.29, 0.717) is 6.04 Å². The quantitative estimate of drug-likeness (QED) is 0.612. The summed E-state index contributed by atoms with van der Waals surface area (Å²) >= 11 is 0. The van der Waals surface area contributed by atoms with Crippen LogP contribution in [0.25, 0.3) is 0 Å². The summed E-state index contributed by atoms with van der Waals surface area (Å²) in [5, 5.41) is 17.1. The van der Waals surface area contributed by atoms with Gasteiger partial charge in [-0.3, -0.25) is 0 Å². The molecule has 2 heterocycles. The van der Waals surface area contributed by atoms with Crippen LogP contribution in [-0.2, 0) is 0 Å². The summed E-state index contributed by atoms with van der Waals surface area (Å²) < 4.78 is 0. The molecule has 0 saturated carbocycles. The highest BCUT2D eigenvalue weighted by atomic mass is 16.6. The molecule has 2 rings (SSSR count). The monoisotopic (exact) mass is 236 g/mol. The maximum absolute atomic E-state index is 10.4. The Morgan fingerprint density at radius 3 is 3.00 bits per heavy atom. The first kappa shape index (κ1) is 11.8. The Morgan fingerprint density at radius 2 is 2.41 bits per heavy atom. The lowest BCUT2D eigenvalue weighted by atomic mass is 10.1. The number of nitrogens with one attached hydrogen (secondary N) is 2. The fourth-order valence-corrected chi connectivity index (χ4v) is 1.94. The third kappa shape index (κ3) is 3.39. The van der Waals surface area contributed by atoms with Gasteiger partial charge in [-0.1, -0.05) is 6.42 Å². The van der Waals surface area contributed by atoms with E-state index < -0.39 is 4.92 Å². The van der Waals surface area contributed by atoms with E-state index in [9.17, 15) is 10.1 Å². The third-order valence-electron chi connectivity index (χ3n) is 2.90. The van der Waals surface area contributed by atoms with Gasteiger partial charge in [-0.15, -0.1) is 0 Å². The minimum absolute atomic E-state index is 0.119. The van der Waals surface area contributed by atoms with Crippen LogP contribution < -0.4 is 10.6 Å². The van der Waals surface area contributed by atoms with Gasteiger partial charge in [-0.25, -0.2) is 0 Å². The van der Waals surface area contributed by atoms with Crippen molar-refractivity contribution < 1.29 is 4.92 Å². The average Bonchev–Trinajstić information content (AvgIpc) is 2.38. The van der Waals surface area contributed by atoms with Gasteiger partial charge in [0.05, 0.1) is 5.69 Å². The fraction of sp³-hybridized carbons (Fsp3) is 0.545. The molecule has 2 N–H and O–H groups in total. The Labute approximate surface area is 99.6 Å². The smallest absolute Gasteiger partial charge is 0.363 e. The standard InChI is InChI=1S/C11H16N4O2/c16-15(17)11-5-4-10(8-14-11)13-7-9-3-1-2-6-12-9/h4-5,8-9,12-13H,1-3,6-7H2. The summed E-state index contributed by atoms with van der Waals surface area (Å²) in [4.78, 5) is 13.7. The Hall–Kier alpha value is -1.69. The summed E-state index contributed by atoms with van der Waals surface area (Å²) in [6.07, 6.45) is 5.18. The van der Waals surface area contributed by atoms with Crippen molar-refractivity contribution in [3.05, 3.63) is 28.4 Å². The molecule has 0 spiro atoms. The summed E-state index contributed by atoms with van der Waals surface area (Å²) in [6, 6.07) is 3.59. The lowest BCUT2D eigenvalue weighted by Gasteiger charge is -2.23. The van der Waals surface area contributed by atoms with Crippen molar-refractivity contribution in [2.24, 2.45) is 0 Å². The number of nitrogens with zero attached hydrogens (tertiary/aromatic N) is 2. The van der Waals surface area contributed by atoms with E-state index in [-0.39, 0.29) is 5.82 Å². The van der Waals surface area contributed by atoms with E-state index in [1.165, 1.54) is 31.5 Å². The van der Waals surface area contributed by atoms with Crippen molar-refractivity contribution in [3.8, 4) is 0 Å². The molecule has 1 atom stereocenters. The van der Waals surface area contributed by atoms with Gasteiger partial charge in [0.2, 0.25) is 0 Å².